The summed E-state index contributed by atoms with van der Waals surface area (Å²) in [5, 5.41) is -1.29. The molecule has 0 fully saturated rings. The highest BCUT2D eigenvalue weighted by Crippen LogP contribution is 2.61. The lowest BCUT2D eigenvalue weighted by Gasteiger charge is -2.32. The van der Waals surface area contributed by atoms with Crippen molar-refractivity contribution in [1.82, 2.24) is 0 Å². The van der Waals surface area contributed by atoms with E-state index in [-0.39, 0.29) is 0 Å². The molecule has 0 saturated heterocycles. The lowest BCUT2D eigenvalue weighted by atomic mass is 10.0. The van der Waals surface area contributed by atoms with Gasteiger partial charge in [0.1, 0.15) is 0 Å². The molecule has 0 spiro atoms. The minimum atomic E-state index is -3.56. The highest BCUT2D eigenvalue weighted by atomic mass is 31.2. The van der Waals surface area contributed by atoms with Gasteiger partial charge in [0.15, 0.2) is 5.16 Å². The Morgan fingerprint density at radius 1 is 1.09 bits per heavy atom. The van der Waals surface area contributed by atoms with Crippen molar-refractivity contribution >= 4 is 13.6 Å². The quantitative estimate of drug-likeness (QED) is 0.392. The van der Waals surface area contributed by atoms with Crippen molar-refractivity contribution in [3.8, 4) is 0 Å². The number of hydrogen-bond donors (Lipinski definition) is 0. The van der Waals surface area contributed by atoms with Gasteiger partial charge >= 0.3 is 13.6 Å². The Hall–Kier alpha value is -1.16. The Kier molecular flexibility index (Phi) is 7.27. The van der Waals surface area contributed by atoms with E-state index in [1.807, 2.05) is 18.2 Å². The topological polar surface area (TPSA) is 61.8 Å². The molecule has 1 aromatic rings. The molecule has 0 heterocycles. The van der Waals surface area contributed by atoms with Crippen LogP contribution < -0.4 is 0 Å². The molecular weight excluding hydrogens is 303 g/mol. The Morgan fingerprint density at radius 2 is 1.68 bits per heavy atom. The predicted molar refractivity (Wildman–Crippen MR) is 86.0 cm³/mol. The Morgan fingerprint density at radius 3 is 2.18 bits per heavy atom. The van der Waals surface area contributed by atoms with Crippen LogP contribution in [-0.2, 0) is 29.6 Å². The fraction of sp³-hybridized carbons (Fsp3) is 0.562. The molecule has 6 heteroatoms. The zero-order valence-electron chi connectivity index (χ0n) is 13.7. The summed E-state index contributed by atoms with van der Waals surface area (Å²) in [4.78, 5) is 12.1. The number of aryl methyl sites for hydroxylation is 1. The number of rotatable bonds is 9. The molecule has 1 atom stereocenters. The predicted octanol–water partition coefficient (Wildman–Crippen LogP) is 3.82. The van der Waals surface area contributed by atoms with Crippen LogP contribution in [-0.4, -0.2) is 32.5 Å². The molecule has 0 bridgehead atoms. The molecule has 0 unspecified atom stereocenters. The molecule has 0 aromatic heterocycles. The molecule has 0 radical (unpaired) electrons. The molecule has 0 aliphatic rings. The van der Waals surface area contributed by atoms with Gasteiger partial charge in [-0.1, -0.05) is 36.8 Å². The summed E-state index contributed by atoms with van der Waals surface area (Å²) in [5.41, 5.74) is 1.24. The standard InChI is InChI=1S/C16H25O5P/c1-16(15(17)19-2,22(18,20-3)21-4)13-9-8-12-14-10-6-5-7-11-14/h5-7,10-11H,8-9,12-13H2,1-4H3/t16-/m0/s1. The number of ether oxygens (including phenoxy) is 1. The largest absolute Gasteiger partial charge is 0.468 e. The van der Waals surface area contributed by atoms with Crippen molar-refractivity contribution in [2.45, 2.75) is 37.8 Å². The van der Waals surface area contributed by atoms with Crippen LogP contribution in [0.2, 0.25) is 0 Å². The van der Waals surface area contributed by atoms with E-state index < -0.39 is 18.7 Å². The first-order valence-corrected chi connectivity index (χ1v) is 8.81. The van der Waals surface area contributed by atoms with Crippen molar-refractivity contribution < 1.29 is 23.1 Å². The van der Waals surface area contributed by atoms with Gasteiger partial charge in [-0.25, -0.2) is 0 Å². The number of carbonyl (C=O) groups excluding carboxylic acids is 1. The van der Waals surface area contributed by atoms with Crippen LogP contribution in [0, 0.1) is 0 Å². The average molecular weight is 328 g/mol. The Balaban J connectivity index is 2.70. The fourth-order valence-corrected chi connectivity index (χ4v) is 4.19. The van der Waals surface area contributed by atoms with Gasteiger partial charge < -0.3 is 13.8 Å². The third-order valence-corrected chi connectivity index (χ3v) is 6.51. The molecule has 0 aliphatic carbocycles. The molecule has 22 heavy (non-hydrogen) atoms. The minimum Gasteiger partial charge on any atom is -0.468 e. The summed E-state index contributed by atoms with van der Waals surface area (Å²) in [6.07, 6.45) is 2.88. The number of esters is 1. The van der Waals surface area contributed by atoms with E-state index in [2.05, 4.69) is 12.1 Å². The van der Waals surface area contributed by atoms with Crippen LogP contribution in [0.5, 0.6) is 0 Å². The maximum atomic E-state index is 12.7. The summed E-state index contributed by atoms with van der Waals surface area (Å²) in [7, 11) is 0.290. The van der Waals surface area contributed by atoms with E-state index in [9.17, 15) is 9.36 Å². The summed E-state index contributed by atoms with van der Waals surface area (Å²) in [5.74, 6) is -0.570. The van der Waals surface area contributed by atoms with Crippen molar-refractivity contribution in [1.29, 1.82) is 0 Å². The fourth-order valence-electron chi connectivity index (χ4n) is 2.49. The number of hydrogen-bond acceptors (Lipinski definition) is 5. The number of carbonyl (C=O) groups is 1. The van der Waals surface area contributed by atoms with Gasteiger partial charge in [-0.3, -0.25) is 9.36 Å². The zero-order valence-corrected chi connectivity index (χ0v) is 14.6. The molecule has 0 saturated carbocycles. The highest BCUT2D eigenvalue weighted by Gasteiger charge is 2.52. The molecule has 5 nitrogen and oxygen atoms in total. The second-order valence-corrected chi connectivity index (χ2v) is 8.03. The summed E-state index contributed by atoms with van der Waals surface area (Å²) in [6.45, 7) is 1.58. The van der Waals surface area contributed by atoms with Gasteiger partial charge in [-0.05, 0) is 31.7 Å². The maximum Gasteiger partial charge on any atom is 0.347 e. The van der Waals surface area contributed by atoms with Crippen LogP contribution in [0.25, 0.3) is 0 Å². The Labute approximate surface area is 132 Å². The number of unbranched alkanes of at least 4 members (excludes halogenated alkanes) is 1. The van der Waals surface area contributed by atoms with Gasteiger partial charge in [-0.15, -0.1) is 0 Å². The lowest BCUT2D eigenvalue weighted by molar-refractivity contribution is -0.144. The van der Waals surface area contributed by atoms with E-state index in [4.69, 9.17) is 13.8 Å². The van der Waals surface area contributed by atoms with Crippen LogP contribution in [0.1, 0.15) is 31.7 Å². The van der Waals surface area contributed by atoms with E-state index in [0.29, 0.717) is 6.42 Å². The normalized spacial score (nSPS) is 14.4. The minimum absolute atomic E-state index is 0.380. The van der Waals surface area contributed by atoms with Crippen molar-refractivity contribution in [2.75, 3.05) is 21.3 Å². The van der Waals surface area contributed by atoms with Crippen LogP contribution in [0.15, 0.2) is 30.3 Å². The van der Waals surface area contributed by atoms with Gasteiger partial charge in [0.05, 0.1) is 7.11 Å². The first-order chi connectivity index (χ1) is 10.4. The average Bonchev–Trinajstić information content (AvgIpc) is 2.57. The molecule has 124 valence electrons. The summed E-state index contributed by atoms with van der Waals surface area (Å²) in [6, 6.07) is 10.1. The second-order valence-electron chi connectivity index (χ2n) is 5.32. The van der Waals surface area contributed by atoms with E-state index >= 15 is 0 Å². The summed E-state index contributed by atoms with van der Waals surface area (Å²) >= 11 is 0. The van der Waals surface area contributed by atoms with Gasteiger partial charge in [0, 0.05) is 14.2 Å². The monoisotopic (exact) mass is 328 g/mol. The highest BCUT2D eigenvalue weighted by molar-refractivity contribution is 7.56. The van der Waals surface area contributed by atoms with E-state index in [1.165, 1.54) is 26.9 Å². The molecule has 0 N–H and O–H groups in total. The third kappa shape index (κ3) is 4.19. The van der Waals surface area contributed by atoms with E-state index in [0.717, 1.165) is 19.3 Å². The molecule has 0 amide bonds. The van der Waals surface area contributed by atoms with Gasteiger partial charge in [0.25, 0.3) is 0 Å². The van der Waals surface area contributed by atoms with Gasteiger partial charge in [-0.2, -0.15) is 0 Å². The van der Waals surface area contributed by atoms with Crippen LogP contribution in [0.3, 0.4) is 0 Å². The van der Waals surface area contributed by atoms with Crippen LogP contribution >= 0.6 is 7.60 Å². The smallest absolute Gasteiger partial charge is 0.347 e. The van der Waals surface area contributed by atoms with Crippen LogP contribution in [0.4, 0.5) is 0 Å². The van der Waals surface area contributed by atoms with Crippen molar-refractivity contribution in [2.24, 2.45) is 0 Å². The number of methoxy groups -OCH3 is 1. The van der Waals surface area contributed by atoms with E-state index in [1.54, 1.807) is 6.92 Å². The zero-order chi connectivity index (χ0) is 16.6. The van der Waals surface area contributed by atoms with Crippen molar-refractivity contribution in [3.63, 3.8) is 0 Å². The maximum absolute atomic E-state index is 12.7. The molecule has 1 aromatic carbocycles. The lowest BCUT2D eigenvalue weighted by Crippen LogP contribution is -2.37. The van der Waals surface area contributed by atoms with Crippen molar-refractivity contribution in [3.05, 3.63) is 35.9 Å². The first kappa shape index (κ1) is 18.9. The SMILES string of the molecule is COC(=O)[C@](C)(CCCCc1ccccc1)P(=O)(OC)OC. The Bertz CT molecular complexity index is 509. The summed E-state index contributed by atoms with van der Waals surface area (Å²) < 4.78 is 27.5. The molecular formula is C16H25O5P. The molecule has 1 rings (SSSR count). The second kappa shape index (κ2) is 8.47. The third-order valence-electron chi connectivity index (χ3n) is 3.93. The van der Waals surface area contributed by atoms with Gasteiger partial charge in [0.2, 0.25) is 0 Å². The molecule has 0 aliphatic heterocycles. The number of benzene rings is 1. The first-order valence-electron chi connectivity index (χ1n) is 7.27.